The molecule has 1 rings (SSSR count). The van der Waals surface area contributed by atoms with E-state index < -0.39 is 10.0 Å². The van der Waals surface area contributed by atoms with Crippen molar-refractivity contribution in [1.82, 2.24) is 9.88 Å². The fourth-order valence-electron chi connectivity index (χ4n) is 2.28. The van der Waals surface area contributed by atoms with Gasteiger partial charge in [-0.3, -0.25) is 4.79 Å². The Kier molecular flexibility index (Phi) is 5.22. The molecule has 0 unspecified atom stereocenters. The van der Waals surface area contributed by atoms with Crippen LogP contribution in [0.15, 0.2) is 17.2 Å². The van der Waals surface area contributed by atoms with Crippen molar-refractivity contribution >= 4 is 15.9 Å². The number of nitrogens with zero attached hydrogens (tertiary/aromatic N) is 1. The van der Waals surface area contributed by atoms with Crippen LogP contribution in [0, 0.1) is 0 Å². The van der Waals surface area contributed by atoms with Crippen LogP contribution in [-0.4, -0.2) is 24.4 Å². The lowest BCUT2D eigenvalue weighted by atomic mass is 9.99. The normalized spacial score (nSPS) is 12.7. The van der Waals surface area contributed by atoms with E-state index in [0.717, 1.165) is 12.8 Å². The first-order valence-electron chi connectivity index (χ1n) is 7.05. The zero-order valence-electron chi connectivity index (χ0n) is 13.3. The zero-order valence-corrected chi connectivity index (χ0v) is 14.1. The number of nitrogens with one attached hydrogen (secondary N) is 1. The van der Waals surface area contributed by atoms with Crippen molar-refractivity contribution in [1.29, 1.82) is 0 Å². The molecule has 0 aliphatic rings. The van der Waals surface area contributed by atoms with Gasteiger partial charge in [0, 0.05) is 17.8 Å². The molecular formula is C14H25N3O3S. The third kappa shape index (κ3) is 4.57. The molecule has 0 saturated heterocycles. The van der Waals surface area contributed by atoms with E-state index in [0.29, 0.717) is 5.69 Å². The molecule has 0 bridgehead atoms. The highest BCUT2D eigenvalue weighted by Crippen LogP contribution is 2.19. The summed E-state index contributed by atoms with van der Waals surface area (Å²) in [4.78, 5) is 12.4. The maximum Gasteiger partial charge on any atom is 0.268 e. The van der Waals surface area contributed by atoms with Crippen molar-refractivity contribution in [2.75, 3.05) is 0 Å². The third-order valence-electron chi connectivity index (χ3n) is 3.27. The van der Waals surface area contributed by atoms with Gasteiger partial charge in [0.15, 0.2) is 0 Å². The van der Waals surface area contributed by atoms with Crippen molar-refractivity contribution in [2.24, 2.45) is 5.14 Å². The predicted molar refractivity (Wildman–Crippen MR) is 82.6 cm³/mol. The number of nitrogens with two attached hydrogens (primary N) is 1. The average molecular weight is 315 g/mol. The lowest BCUT2D eigenvalue weighted by Crippen LogP contribution is -2.44. The lowest BCUT2D eigenvalue weighted by Gasteiger charge is -2.26. The summed E-state index contributed by atoms with van der Waals surface area (Å²) in [6.45, 7) is 9.68. The molecule has 0 aliphatic carbocycles. The Hall–Kier alpha value is -1.34. The fourth-order valence-corrected chi connectivity index (χ4v) is 2.81. The first-order chi connectivity index (χ1) is 9.48. The average Bonchev–Trinajstić information content (AvgIpc) is 2.72. The number of amides is 1. The number of rotatable bonds is 6. The Labute approximate surface area is 126 Å². The summed E-state index contributed by atoms with van der Waals surface area (Å²) in [5.41, 5.74) is -0.0437. The number of primary sulfonamides is 1. The molecule has 0 radical (unpaired) electrons. The molecule has 7 heteroatoms. The Morgan fingerprint density at radius 2 is 2.00 bits per heavy atom. The molecule has 0 spiro atoms. The van der Waals surface area contributed by atoms with Crippen LogP contribution < -0.4 is 10.5 Å². The number of hydrogen-bond acceptors (Lipinski definition) is 3. The standard InChI is InChI=1S/C14H25N3O3S/c1-6-7-14(4,5)16-13(18)12-8-11(21(15,19)20)9-17(12)10(2)3/h8-10H,6-7H2,1-5H3,(H,16,18)(H2,15,19,20). The third-order valence-corrected chi connectivity index (χ3v) is 4.15. The molecule has 0 atom stereocenters. The number of hydrogen-bond donors (Lipinski definition) is 2. The summed E-state index contributed by atoms with van der Waals surface area (Å²) < 4.78 is 24.6. The van der Waals surface area contributed by atoms with Crippen LogP contribution >= 0.6 is 0 Å². The summed E-state index contributed by atoms with van der Waals surface area (Å²) in [5.74, 6) is -0.294. The van der Waals surface area contributed by atoms with Gasteiger partial charge >= 0.3 is 0 Å². The quantitative estimate of drug-likeness (QED) is 0.841. The summed E-state index contributed by atoms with van der Waals surface area (Å²) in [7, 11) is -3.83. The van der Waals surface area contributed by atoms with Crippen LogP contribution in [0.4, 0.5) is 0 Å². The number of carbonyl (C=O) groups is 1. The van der Waals surface area contributed by atoms with E-state index in [1.807, 2.05) is 34.6 Å². The summed E-state index contributed by atoms with van der Waals surface area (Å²) in [6, 6.07) is 1.28. The molecule has 6 nitrogen and oxygen atoms in total. The van der Waals surface area contributed by atoms with E-state index in [-0.39, 0.29) is 22.4 Å². The predicted octanol–water partition coefficient (Wildman–Crippen LogP) is 2.02. The van der Waals surface area contributed by atoms with E-state index in [4.69, 9.17) is 5.14 Å². The van der Waals surface area contributed by atoms with Gasteiger partial charge in [0.1, 0.15) is 10.6 Å². The fraction of sp³-hybridized carbons (Fsp3) is 0.643. The summed E-state index contributed by atoms with van der Waals surface area (Å²) in [6.07, 6.45) is 3.19. The Morgan fingerprint density at radius 3 is 2.43 bits per heavy atom. The molecule has 1 aromatic rings. The van der Waals surface area contributed by atoms with Gasteiger partial charge in [-0.05, 0) is 40.2 Å². The second-order valence-corrected chi connectivity index (χ2v) is 7.76. The first kappa shape index (κ1) is 17.7. The van der Waals surface area contributed by atoms with E-state index in [9.17, 15) is 13.2 Å². The maximum absolute atomic E-state index is 12.4. The lowest BCUT2D eigenvalue weighted by molar-refractivity contribution is 0.0898. The Balaban J connectivity index is 3.17. The van der Waals surface area contributed by atoms with Gasteiger partial charge in [-0.15, -0.1) is 0 Å². The van der Waals surface area contributed by atoms with Gasteiger partial charge in [0.25, 0.3) is 5.91 Å². The smallest absolute Gasteiger partial charge is 0.268 e. The zero-order chi connectivity index (χ0) is 16.4. The van der Waals surface area contributed by atoms with E-state index in [1.54, 1.807) is 4.57 Å². The van der Waals surface area contributed by atoms with Crippen LogP contribution in [0.3, 0.4) is 0 Å². The van der Waals surface area contributed by atoms with Crippen molar-refractivity contribution in [3.8, 4) is 0 Å². The maximum atomic E-state index is 12.4. The van der Waals surface area contributed by atoms with Crippen LogP contribution in [0.2, 0.25) is 0 Å². The SMILES string of the molecule is CCCC(C)(C)NC(=O)c1cc(S(N)(=O)=O)cn1C(C)C. The largest absolute Gasteiger partial charge is 0.346 e. The minimum Gasteiger partial charge on any atom is -0.346 e. The molecule has 1 amide bonds. The van der Waals surface area contributed by atoms with Gasteiger partial charge in [-0.1, -0.05) is 13.3 Å². The topological polar surface area (TPSA) is 94.2 Å². The minimum absolute atomic E-state index is 0.0458. The number of aromatic nitrogens is 1. The molecule has 1 heterocycles. The van der Waals surface area contributed by atoms with Crippen molar-refractivity contribution < 1.29 is 13.2 Å². The molecule has 0 saturated carbocycles. The van der Waals surface area contributed by atoms with Crippen LogP contribution in [0.25, 0.3) is 0 Å². The number of carbonyl (C=O) groups excluding carboxylic acids is 1. The van der Waals surface area contributed by atoms with E-state index >= 15 is 0 Å². The van der Waals surface area contributed by atoms with Crippen molar-refractivity contribution in [2.45, 2.75) is 63.9 Å². The minimum atomic E-state index is -3.83. The summed E-state index contributed by atoms with van der Waals surface area (Å²) in [5, 5.41) is 8.08. The monoisotopic (exact) mass is 315 g/mol. The highest BCUT2D eigenvalue weighted by atomic mass is 32.2. The molecule has 1 aromatic heterocycles. The molecule has 0 aromatic carbocycles. The van der Waals surface area contributed by atoms with Gasteiger partial charge in [-0.25, -0.2) is 13.6 Å². The Bertz CT molecular complexity index is 615. The van der Waals surface area contributed by atoms with Crippen molar-refractivity contribution in [3.63, 3.8) is 0 Å². The van der Waals surface area contributed by atoms with Gasteiger partial charge in [-0.2, -0.15) is 0 Å². The van der Waals surface area contributed by atoms with Gasteiger partial charge in [0.2, 0.25) is 10.0 Å². The summed E-state index contributed by atoms with van der Waals surface area (Å²) >= 11 is 0. The highest BCUT2D eigenvalue weighted by molar-refractivity contribution is 7.89. The van der Waals surface area contributed by atoms with Crippen LogP contribution in [0.1, 0.15) is 64.0 Å². The molecule has 21 heavy (non-hydrogen) atoms. The molecule has 120 valence electrons. The van der Waals surface area contributed by atoms with E-state index in [2.05, 4.69) is 5.32 Å². The highest BCUT2D eigenvalue weighted by Gasteiger charge is 2.25. The van der Waals surface area contributed by atoms with Gasteiger partial charge < -0.3 is 9.88 Å². The molecule has 0 aliphatic heterocycles. The first-order valence-corrected chi connectivity index (χ1v) is 8.59. The molecule has 3 N–H and O–H groups in total. The second kappa shape index (κ2) is 6.19. The second-order valence-electron chi connectivity index (χ2n) is 6.20. The molecular weight excluding hydrogens is 290 g/mol. The molecule has 0 fully saturated rings. The van der Waals surface area contributed by atoms with Gasteiger partial charge in [0.05, 0.1) is 0 Å². The van der Waals surface area contributed by atoms with E-state index in [1.165, 1.54) is 12.3 Å². The Morgan fingerprint density at radius 1 is 1.43 bits per heavy atom. The van der Waals surface area contributed by atoms with Crippen molar-refractivity contribution in [3.05, 3.63) is 18.0 Å². The van der Waals surface area contributed by atoms with Crippen LogP contribution in [-0.2, 0) is 10.0 Å². The van der Waals surface area contributed by atoms with Crippen LogP contribution in [0.5, 0.6) is 0 Å². The number of sulfonamides is 1.